The lowest BCUT2D eigenvalue weighted by Crippen LogP contribution is -2.55. The highest BCUT2D eigenvalue weighted by molar-refractivity contribution is 5.88. The summed E-state index contributed by atoms with van der Waals surface area (Å²) >= 11 is 0. The number of carbonyl (C=O) groups excluding carboxylic acids is 2. The quantitative estimate of drug-likeness (QED) is 0.908. The van der Waals surface area contributed by atoms with Gasteiger partial charge >= 0.3 is 0 Å². The lowest BCUT2D eigenvalue weighted by molar-refractivity contribution is -0.146. The molecular formula is C17H23FN2O3. The van der Waals surface area contributed by atoms with Gasteiger partial charge in [0.25, 0.3) is 5.91 Å². The van der Waals surface area contributed by atoms with Gasteiger partial charge in [-0.2, -0.15) is 0 Å². The van der Waals surface area contributed by atoms with Gasteiger partial charge in [0.05, 0.1) is 5.41 Å². The minimum Gasteiger partial charge on any atom is -0.384 e. The van der Waals surface area contributed by atoms with E-state index in [4.69, 9.17) is 0 Å². The van der Waals surface area contributed by atoms with Crippen LogP contribution in [0.3, 0.4) is 0 Å². The number of aliphatic hydroxyl groups excluding tert-OH is 1. The van der Waals surface area contributed by atoms with E-state index in [2.05, 4.69) is 0 Å². The molecule has 1 N–H and O–H groups in total. The van der Waals surface area contributed by atoms with Gasteiger partial charge in [-0.1, -0.05) is 12.1 Å². The first kappa shape index (κ1) is 17.4. The van der Waals surface area contributed by atoms with Gasteiger partial charge in [-0.05, 0) is 38.5 Å². The molecule has 1 unspecified atom stereocenters. The Bertz CT molecular complexity index is 576. The topological polar surface area (TPSA) is 60.9 Å². The van der Waals surface area contributed by atoms with Crippen LogP contribution in [0.1, 0.15) is 26.3 Å². The van der Waals surface area contributed by atoms with E-state index in [9.17, 15) is 19.1 Å². The maximum Gasteiger partial charge on any atom is 0.251 e. The van der Waals surface area contributed by atoms with E-state index in [1.165, 1.54) is 19.1 Å². The summed E-state index contributed by atoms with van der Waals surface area (Å²) in [5.74, 6) is -0.689. The molecule has 1 fully saturated rings. The Kier molecular flexibility index (Phi) is 5.04. The lowest BCUT2D eigenvalue weighted by Gasteiger charge is -2.39. The van der Waals surface area contributed by atoms with E-state index in [0.29, 0.717) is 26.2 Å². The second kappa shape index (κ2) is 6.66. The third-order valence-electron chi connectivity index (χ3n) is 4.34. The van der Waals surface area contributed by atoms with Crippen LogP contribution in [-0.2, 0) is 15.0 Å². The predicted octanol–water partition coefficient (Wildman–Crippen LogP) is 1.15. The van der Waals surface area contributed by atoms with E-state index < -0.39 is 11.5 Å². The number of nitrogens with zero attached hydrogens (tertiary/aromatic N) is 2. The van der Waals surface area contributed by atoms with Crippen molar-refractivity contribution in [1.29, 1.82) is 0 Å². The fourth-order valence-electron chi connectivity index (χ4n) is 2.78. The number of halogens is 1. The first-order valence-electron chi connectivity index (χ1n) is 7.75. The molecule has 0 spiro atoms. The fourth-order valence-corrected chi connectivity index (χ4v) is 2.78. The highest BCUT2D eigenvalue weighted by Gasteiger charge is 2.36. The summed E-state index contributed by atoms with van der Waals surface area (Å²) in [4.78, 5) is 27.8. The number of benzene rings is 1. The van der Waals surface area contributed by atoms with Crippen LogP contribution in [0.25, 0.3) is 0 Å². The number of amides is 2. The van der Waals surface area contributed by atoms with Crippen molar-refractivity contribution >= 4 is 11.8 Å². The lowest BCUT2D eigenvalue weighted by atomic mass is 9.83. The van der Waals surface area contributed by atoms with Crippen LogP contribution >= 0.6 is 0 Å². The zero-order valence-corrected chi connectivity index (χ0v) is 13.8. The molecule has 2 rings (SSSR count). The molecule has 1 aromatic rings. The third kappa shape index (κ3) is 3.69. The second-order valence-electron chi connectivity index (χ2n) is 6.43. The number of piperazine rings is 1. The Morgan fingerprint density at radius 3 is 2.04 bits per heavy atom. The summed E-state index contributed by atoms with van der Waals surface area (Å²) in [6, 6.07) is 5.95. The van der Waals surface area contributed by atoms with Crippen molar-refractivity contribution in [2.45, 2.75) is 32.3 Å². The molecule has 1 heterocycles. The monoisotopic (exact) mass is 322 g/mol. The second-order valence-corrected chi connectivity index (χ2v) is 6.43. The van der Waals surface area contributed by atoms with E-state index in [0.717, 1.165) is 5.56 Å². The van der Waals surface area contributed by atoms with Crippen LogP contribution in [0.5, 0.6) is 0 Å². The first-order chi connectivity index (χ1) is 10.7. The average Bonchev–Trinajstić information content (AvgIpc) is 2.54. The van der Waals surface area contributed by atoms with Crippen molar-refractivity contribution < 1.29 is 19.1 Å². The Morgan fingerprint density at radius 1 is 1.09 bits per heavy atom. The first-order valence-corrected chi connectivity index (χ1v) is 7.75. The smallest absolute Gasteiger partial charge is 0.251 e. The van der Waals surface area contributed by atoms with E-state index >= 15 is 0 Å². The van der Waals surface area contributed by atoms with Gasteiger partial charge in [-0.15, -0.1) is 0 Å². The normalized spacial score (nSPS) is 17.1. The third-order valence-corrected chi connectivity index (χ3v) is 4.34. The molecule has 0 aliphatic carbocycles. The molecule has 0 aromatic heterocycles. The van der Waals surface area contributed by atoms with Crippen LogP contribution in [0.15, 0.2) is 24.3 Å². The van der Waals surface area contributed by atoms with Gasteiger partial charge in [0.2, 0.25) is 5.91 Å². The predicted molar refractivity (Wildman–Crippen MR) is 84.3 cm³/mol. The maximum absolute atomic E-state index is 13.1. The van der Waals surface area contributed by atoms with Crippen molar-refractivity contribution in [1.82, 2.24) is 9.80 Å². The highest BCUT2D eigenvalue weighted by Crippen LogP contribution is 2.26. The molecule has 1 aromatic carbocycles. The molecule has 1 aliphatic rings. The SMILES string of the molecule is CC(O)C(=O)N1CCN(C(=O)C(C)(C)c2ccc(F)cc2)CC1. The molecular weight excluding hydrogens is 299 g/mol. The van der Waals surface area contributed by atoms with Gasteiger partial charge in [0.15, 0.2) is 0 Å². The summed E-state index contributed by atoms with van der Waals surface area (Å²) < 4.78 is 13.1. The van der Waals surface area contributed by atoms with Crippen molar-refractivity contribution in [2.24, 2.45) is 0 Å². The van der Waals surface area contributed by atoms with E-state index in [1.54, 1.807) is 21.9 Å². The van der Waals surface area contributed by atoms with Gasteiger partial charge in [-0.3, -0.25) is 9.59 Å². The van der Waals surface area contributed by atoms with Gasteiger partial charge in [0.1, 0.15) is 11.9 Å². The van der Waals surface area contributed by atoms with Crippen LogP contribution in [0.2, 0.25) is 0 Å². The van der Waals surface area contributed by atoms with Crippen molar-refractivity contribution in [3.63, 3.8) is 0 Å². The Balaban J connectivity index is 2.04. The van der Waals surface area contributed by atoms with Gasteiger partial charge in [0, 0.05) is 26.2 Å². The van der Waals surface area contributed by atoms with Crippen molar-refractivity contribution in [3.05, 3.63) is 35.6 Å². The average molecular weight is 322 g/mol. The van der Waals surface area contributed by atoms with Gasteiger partial charge < -0.3 is 14.9 Å². The zero-order chi connectivity index (χ0) is 17.2. The Morgan fingerprint density at radius 2 is 1.57 bits per heavy atom. The molecule has 6 heteroatoms. The molecule has 126 valence electrons. The highest BCUT2D eigenvalue weighted by atomic mass is 19.1. The number of hydrogen-bond acceptors (Lipinski definition) is 3. The van der Waals surface area contributed by atoms with Crippen LogP contribution in [-0.4, -0.2) is 59.0 Å². The minimum absolute atomic E-state index is 0.0479. The molecule has 0 saturated carbocycles. The molecule has 0 bridgehead atoms. The molecule has 5 nitrogen and oxygen atoms in total. The fraction of sp³-hybridized carbons (Fsp3) is 0.529. The van der Waals surface area contributed by atoms with E-state index in [1.807, 2.05) is 13.8 Å². The summed E-state index contributed by atoms with van der Waals surface area (Å²) in [6.45, 7) is 6.76. The Labute approximate surface area is 135 Å². The Hall–Kier alpha value is -1.95. The van der Waals surface area contributed by atoms with Crippen LogP contribution in [0, 0.1) is 5.82 Å². The number of rotatable bonds is 3. The summed E-state index contributed by atoms with van der Waals surface area (Å²) in [5.41, 5.74) is -0.00386. The summed E-state index contributed by atoms with van der Waals surface area (Å²) in [6.07, 6.45) is -1.02. The van der Waals surface area contributed by atoms with E-state index in [-0.39, 0.29) is 17.6 Å². The zero-order valence-electron chi connectivity index (χ0n) is 13.8. The molecule has 2 amide bonds. The maximum atomic E-state index is 13.1. The van der Waals surface area contributed by atoms with Crippen LogP contribution in [0.4, 0.5) is 4.39 Å². The summed E-state index contributed by atoms with van der Waals surface area (Å²) in [5, 5.41) is 9.35. The molecule has 1 aliphatic heterocycles. The van der Waals surface area contributed by atoms with Crippen molar-refractivity contribution in [2.75, 3.05) is 26.2 Å². The number of aliphatic hydroxyl groups is 1. The van der Waals surface area contributed by atoms with Crippen LogP contribution < -0.4 is 0 Å². The molecule has 23 heavy (non-hydrogen) atoms. The summed E-state index contributed by atoms with van der Waals surface area (Å²) in [7, 11) is 0. The minimum atomic E-state index is -1.02. The number of carbonyl (C=O) groups is 2. The molecule has 0 radical (unpaired) electrons. The largest absolute Gasteiger partial charge is 0.384 e. The van der Waals surface area contributed by atoms with Crippen molar-refractivity contribution in [3.8, 4) is 0 Å². The molecule has 1 atom stereocenters. The number of hydrogen-bond donors (Lipinski definition) is 1. The standard InChI is InChI=1S/C17H23FN2O3/c1-12(21)15(22)19-8-10-20(11-9-19)16(23)17(2,3)13-4-6-14(18)7-5-13/h4-7,12,21H,8-11H2,1-3H3. The molecule has 1 saturated heterocycles. The van der Waals surface area contributed by atoms with Gasteiger partial charge in [-0.25, -0.2) is 4.39 Å².